The molecule has 20 heavy (non-hydrogen) atoms. The maximum atomic E-state index is 13.3. The number of hydrogen-bond acceptors (Lipinski definition) is 3. The Morgan fingerprint density at radius 2 is 2.05 bits per heavy atom. The molecule has 0 bridgehead atoms. The molecule has 0 aliphatic carbocycles. The van der Waals surface area contributed by atoms with Crippen LogP contribution in [0.15, 0.2) is 30.0 Å². The second-order valence-corrected chi connectivity index (χ2v) is 4.82. The second kappa shape index (κ2) is 5.58. The van der Waals surface area contributed by atoms with Gasteiger partial charge in [0.2, 0.25) is 0 Å². The Balaban J connectivity index is 2.32. The molecule has 1 aromatic carbocycles. The highest BCUT2D eigenvalue weighted by Gasteiger charge is 2.32. The minimum Gasteiger partial charge on any atom is -0.404 e. The van der Waals surface area contributed by atoms with Crippen molar-refractivity contribution in [3.63, 3.8) is 0 Å². The van der Waals surface area contributed by atoms with Crippen LogP contribution in [0.25, 0.3) is 0 Å². The van der Waals surface area contributed by atoms with Crippen molar-refractivity contribution < 1.29 is 13.6 Å². The number of amides is 1. The number of hydrogen-bond donors (Lipinski definition) is 1. The smallest absolute Gasteiger partial charge is 0.266 e. The lowest BCUT2D eigenvalue weighted by molar-refractivity contribution is -0.151. The van der Waals surface area contributed by atoms with E-state index in [1.54, 1.807) is 19.0 Å². The van der Waals surface area contributed by atoms with E-state index in [9.17, 15) is 13.6 Å². The van der Waals surface area contributed by atoms with Crippen LogP contribution in [-0.2, 0) is 4.79 Å². The van der Waals surface area contributed by atoms with Crippen molar-refractivity contribution >= 4 is 5.91 Å². The number of halogens is 2. The maximum absolute atomic E-state index is 13.3. The zero-order valence-electron chi connectivity index (χ0n) is 11.4. The molecule has 1 heterocycles. The highest BCUT2D eigenvalue weighted by atomic mass is 19.2. The van der Waals surface area contributed by atoms with Crippen molar-refractivity contribution in [1.29, 1.82) is 0 Å². The fraction of sp³-hybridized carbons (Fsp3) is 0.357. The zero-order chi connectivity index (χ0) is 14.9. The molecule has 2 rings (SSSR count). The summed E-state index contributed by atoms with van der Waals surface area (Å²) in [4.78, 5) is 12.3. The van der Waals surface area contributed by atoms with E-state index in [4.69, 9.17) is 5.73 Å². The molecule has 1 aliphatic heterocycles. The summed E-state index contributed by atoms with van der Waals surface area (Å²) < 4.78 is 26.3. The molecule has 1 aromatic rings. The van der Waals surface area contributed by atoms with Crippen LogP contribution in [0, 0.1) is 11.6 Å². The van der Waals surface area contributed by atoms with Crippen molar-refractivity contribution in [2.45, 2.75) is 19.4 Å². The molecule has 1 saturated heterocycles. The van der Waals surface area contributed by atoms with Gasteiger partial charge in [-0.3, -0.25) is 9.80 Å². The van der Waals surface area contributed by atoms with Crippen LogP contribution in [0.4, 0.5) is 8.78 Å². The van der Waals surface area contributed by atoms with E-state index < -0.39 is 17.7 Å². The minimum atomic E-state index is -0.920. The summed E-state index contributed by atoms with van der Waals surface area (Å²) in [6.07, 6.45) is 1.88. The molecule has 1 fully saturated rings. The number of carbonyl (C=O) groups is 1. The standard InChI is InChI=1S/C14H17F2N3O/c1-9(10-3-4-12(15)13(16)7-10)19-14(20)11(8-17)5-6-18(19)2/h3-4,7-9H,5-6,17H2,1-2H3/b11-8+. The fourth-order valence-electron chi connectivity index (χ4n) is 2.34. The van der Waals surface area contributed by atoms with Crippen molar-refractivity contribution in [3.05, 3.63) is 47.2 Å². The lowest BCUT2D eigenvalue weighted by atomic mass is 10.0. The Kier molecular flexibility index (Phi) is 4.04. The Morgan fingerprint density at radius 3 is 2.65 bits per heavy atom. The Hall–Kier alpha value is -1.95. The Morgan fingerprint density at radius 1 is 1.35 bits per heavy atom. The maximum Gasteiger partial charge on any atom is 0.266 e. The van der Waals surface area contributed by atoms with E-state index in [0.29, 0.717) is 24.1 Å². The van der Waals surface area contributed by atoms with E-state index in [2.05, 4.69) is 0 Å². The topological polar surface area (TPSA) is 49.6 Å². The predicted molar refractivity (Wildman–Crippen MR) is 71.1 cm³/mol. The number of nitrogens with two attached hydrogens (primary N) is 1. The Labute approximate surface area is 116 Å². The molecule has 6 heteroatoms. The van der Waals surface area contributed by atoms with Crippen molar-refractivity contribution in [2.24, 2.45) is 5.73 Å². The highest BCUT2D eigenvalue weighted by molar-refractivity contribution is 5.93. The molecule has 1 atom stereocenters. The molecule has 1 unspecified atom stereocenters. The molecule has 1 aliphatic rings. The van der Waals surface area contributed by atoms with Crippen LogP contribution in [0.2, 0.25) is 0 Å². The van der Waals surface area contributed by atoms with E-state index in [0.717, 1.165) is 12.1 Å². The van der Waals surface area contributed by atoms with Crippen molar-refractivity contribution in [2.75, 3.05) is 13.6 Å². The molecular formula is C14H17F2N3O. The first kappa shape index (κ1) is 14.5. The monoisotopic (exact) mass is 281 g/mol. The first-order chi connectivity index (χ1) is 9.45. The molecule has 0 radical (unpaired) electrons. The quantitative estimate of drug-likeness (QED) is 0.843. The average molecular weight is 281 g/mol. The first-order valence-corrected chi connectivity index (χ1v) is 6.36. The van der Waals surface area contributed by atoms with Crippen LogP contribution in [0.3, 0.4) is 0 Å². The average Bonchev–Trinajstić information content (AvgIpc) is 2.42. The highest BCUT2D eigenvalue weighted by Crippen LogP contribution is 2.28. The van der Waals surface area contributed by atoms with Gasteiger partial charge < -0.3 is 5.73 Å². The number of nitrogens with zero attached hydrogens (tertiary/aromatic N) is 2. The van der Waals surface area contributed by atoms with E-state index in [1.165, 1.54) is 17.3 Å². The van der Waals surface area contributed by atoms with Crippen molar-refractivity contribution in [3.8, 4) is 0 Å². The van der Waals surface area contributed by atoms with Gasteiger partial charge in [0.25, 0.3) is 5.91 Å². The Bertz CT molecular complexity index is 559. The van der Waals surface area contributed by atoms with Crippen molar-refractivity contribution in [1.82, 2.24) is 10.0 Å². The fourth-order valence-corrected chi connectivity index (χ4v) is 2.34. The largest absolute Gasteiger partial charge is 0.404 e. The summed E-state index contributed by atoms with van der Waals surface area (Å²) in [5.41, 5.74) is 6.50. The first-order valence-electron chi connectivity index (χ1n) is 6.36. The summed E-state index contributed by atoms with van der Waals surface area (Å²) >= 11 is 0. The third-order valence-corrected chi connectivity index (χ3v) is 3.55. The van der Waals surface area contributed by atoms with Gasteiger partial charge in [0.15, 0.2) is 11.6 Å². The molecule has 0 saturated carbocycles. The molecular weight excluding hydrogens is 264 g/mol. The number of carbonyl (C=O) groups excluding carboxylic acids is 1. The van der Waals surface area contributed by atoms with E-state index >= 15 is 0 Å². The molecule has 2 N–H and O–H groups in total. The van der Waals surface area contributed by atoms with Gasteiger partial charge >= 0.3 is 0 Å². The van der Waals surface area contributed by atoms with Gasteiger partial charge in [-0.15, -0.1) is 0 Å². The van der Waals surface area contributed by atoms with Gasteiger partial charge in [-0.05, 0) is 31.0 Å². The van der Waals surface area contributed by atoms with Gasteiger partial charge in [0, 0.05) is 25.4 Å². The lowest BCUT2D eigenvalue weighted by Gasteiger charge is -2.40. The summed E-state index contributed by atoms with van der Waals surface area (Å²) in [5, 5.41) is 3.27. The molecule has 4 nitrogen and oxygen atoms in total. The van der Waals surface area contributed by atoms with Crippen LogP contribution >= 0.6 is 0 Å². The van der Waals surface area contributed by atoms with E-state index in [1.807, 2.05) is 0 Å². The normalized spacial score (nSPS) is 20.5. The zero-order valence-corrected chi connectivity index (χ0v) is 11.4. The van der Waals surface area contributed by atoms with Gasteiger partial charge in [-0.25, -0.2) is 13.8 Å². The summed E-state index contributed by atoms with van der Waals surface area (Å²) in [6.45, 7) is 2.41. The van der Waals surface area contributed by atoms with Crippen LogP contribution in [0.5, 0.6) is 0 Å². The third kappa shape index (κ3) is 2.51. The lowest BCUT2D eigenvalue weighted by Crippen LogP contribution is -2.50. The predicted octanol–water partition coefficient (Wildman–Crippen LogP) is 1.95. The minimum absolute atomic E-state index is 0.210. The molecule has 0 spiro atoms. The van der Waals surface area contributed by atoms with Gasteiger partial charge in [-0.2, -0.15) is 0 Å². The van der Waals surface area contributed by atoms with E-state index in [-0.39, 0.29) is 5.91 Å². The van der Waals surface area contributed by atoms with Crippen LogP contribution in [0.1, 0.15) is 24.9 Å². The summed E-state index contributed by atoms with van der Waals surface area (Å²) in [5.74, 6) is -2.03. The van der Waals surface area contributed by atoms with Gasteiger partial charge in [0.1, 0.15) is 0 Å². The van der Waals surface area contributed by atoms with Gasteiger partial charge in [-0.1, -0.05) is 6.07 Å². The SMILES string of the molecule is CC(c1ccc(F)c(F)c1)N1C(=O)/C(=C/N)CCN1C. The number of benzene rings is 1. The van der Waals surface area contributed by atoms with Crippen LogP contribution in [-0.4, -0.2) is 29.5 Å². The summed E-state index contributed by atoms with van der Waals surface area (Å²) in [6, 6.07) is 3.25. The number of rotatable bonds is 2. The van der Waals surface area contributed by atoms with Crippen LogP contribution < -0.4 is 5.73 Å². The summed E-state index contributed by atoms with van der Waals surface area (Å²) in [7, 11) is 1.78. The second-order valence-electron chi connectivity index (χ2n) is 4.82. The van der Waals surface area contributed by atoms with Gasteiger partial charge in [0.05, 0.1) is 6.04 Å². The third-order valence-electron chi connectivity index (χ3n) is 3.55. The number of hydrazine groups is 1. The molecule has 1 amide bonds. The molecule has 0 aromatic heterocycles. The molecule has 108 valence electrons.